The van der Waals surface area contributed by atoms with Gasteiger partial charge in [-0.2, -0.15) is 0 Å². The number of non-ortho nitro benzene ring substituents is 1. The molecular formula is C23H28Cl2N4O7S. The highest BCUT2D eigenvalue weighted by molar-refractivity contribution is 7.92. The van der Waals surface area contributed by atoms with Gasteiger partial charge in [0.25, 0.3) is 5.69 Å². The normalized spacial score (nSPS) is 11.9. The average Bonchev–Trinajstić information content (AvgIpc) is 2.83. The van der Waals surface area contributed by atoms with E-state index in [0.29, 0.717) is 21.4 Å². The Bertz CT molecular complexity index is 1270. The molecule has 202 valence electrons. The number of carbonyl (C=O) groups excluding carboxylic acids is 2. The quantitative estimate of drug-likeness (QED) is 0.301. The minimum absolute atomic E-state index is 0.00984. The molecule has 0 saturated heterocycles. The molecule has 1 unspecified atom stereocenters. The van der Waals surface area contributed by atoms with Gasteiger partial charge in [0.05, 0.1) is 28.3 Å². The lowest BCUT2D eigenvalue weighted by molar-refractivity contribution is -0.384. The molecule has 0 bridgehead atoms. The number of hydrogen-bond acceptors (Lipinski definition) is 7. The first-order valence-electron chi connectivity index (χ1n) is 11.1. The number of nitro benzene ring substituents is 1. The monoisotopic (exact) mass is 574 g/mol. The van der Waals surface area contributed by atoms with E-state index in [0.717, 1.165) is 18.4 Å². The van der Waals surface area contributed by atoms with Crippen LogP contribution >= 0.6 is 23.2 Å². The molecule has 0 saturated carbocycles. The smallest absolute Gasteiger partial charge is 0.271 e. The minimum Gasteiger partial charge on any atom is -0.495 e. The molecule has 0 aliphatic carbocycles. The fourth-order valence-electron chi connectivity index (χ4n) is 3.63. The van der Waals surface area contributed by atoms with Gasteiger partial charge in [-0.15, -0.1) is 0 Å². The molecule has 2 amide bonds. The van der Waals surface area contributed by atoms with E-state index in [1.807, 2.05) is 0 Å². The van der Waals surface area contributed by atoms with E-state index in [1.54, 1.807) is 32.0 Å². The predicted molar refractivity (Wildman–Crippen MR) is 142 cm³/mol. The molecule has 2 rings (SSSR count). The summed E-state index contributed by atoms with van der Waals surface area (Å²) in [7, 11) is -2.86. The van der Waals surface area contributed by atoms with Crippen LogP contribution < -0.4 is 14.4 Å². The number of nitrogens with zero attached hydrogens (tertiary/aromatic N) is 3. The van der Waals surface area contributed by atoms with Crippen molar-refractivity contribution in [2.45, 2.75) is 32.9 Å². The van der Waals surface area contributed by atoms with Crippen LogP contribution in [-0.2, 0) is 26.2 Å². The Labute approximate surface area is 225 Å². The second-order valence-corrected chi connectivity index (χ2v) is 10.7. The molecular weight excluding hydrogens is 547 g/mol. The number of hydrogen-bond donors (Lipinski definition) is 1. The summed E-state index contributed by atoms with van der Waals surface area (Å²) in [6.07, 6.45) is 1.10. The summed E-state index contributed by atoms with van der Waals surface area (Å²) in [6.45, 7) is 2.95. The fraction of sp³-hybridized carbons (Fsp3) is 0.391. The van der Waals surface area contributed by atoms with Crippen LogP contribution in [0.15, 0.2) is 36.4 Å². The van der Waals surface area contributed by atoms with Crippen molar-refractivity contribution in [2.75, 3.05) is 30.8 Å². The largest absolute Gasteiger partial charge is 0.495 e. The topological polar surface area (TPSA) is 139 Å². The summed E-state index contributed by atoms with van der Waals surface area (Å²) in [5, 5.41) is 14.6. The first-order chi connectivity index (χ1) is 17.3. The Morgan fingerprint density at radius 2 is 1.81 bits per heavy atom. The lowest BCUT2D eigenvalue weighted by atomic mass is 10.1. The van der Waals surface area contributed by atoms with Crippen molar-refractivity contribution in [3.8, 4) is 5.75 Å². The number of nitrogens with one attached hydrogen (secondary N) is 1. The molecule has 0 spiro atoms. The Kier molecular flexibility index (Phi) is 10.5. The molecule has 0 heterocycles. The SMILES string of the molecule is CCNC(=O)C(CC)N(Cc1ccc(Cl)c(Cl)c1)C(=O)CN(c1cc([N+](=O)[O-])ccc1OC)S(C)(=O)=O. The minimum atomic E-state index is -4.13. The molecule has 1 atom stereocenters. The molecule has 0 fully saturated rings. The molecule has 1 N–H and O–H groups in total. The predicted octanol–water partition coefficient (Wildman–Crippen LogP) is 3.62. The highest BCUT2D eigenvalue weighted by Crippen LogP contribution is 2.34. The van der Waals surface area contributed by atoms with Gasteiger partial charge in [-0.1, -0.05) is 36.2 Å². The lowest BCUT2D eigenvalue weighted by Gasteiger charge is -2.33. The third-order valence-corrected chi connectivity index (χ3v) is 7.26. The number of nitro groups is 1. The Balaban J connectivity index is 2.57. The van der Waals surface area contributed by atoms with Gasteiger partial charge in [-0.3, -0.25) is 24.0 Å². The van der Waals surface area contributed by atoms with Crippen molar-refractivity contribution >= 4 is 56.4 Å². The van der Waals surface area contributed by atoms with E-state index in [4.69, 9.17) is 27.9 Å². The number of sulfonamides is 1. The molecule has 0 aromatic heterocycles. The maximum absolute atomic E-state index is 13.7. The van der Waals surface area contributed by atoms with Crippen LogP contribution in [0, 0.1) is 10.1 Å². The zero-order valence-corrected chi connectivity index (χ0v) is 23.1. The molecule has 0 aliphatic rings. The Morgan fingerprint density at radius 3 is 2.32 bits per heavy atom. The average molecular weight is 575 g/mol. The first-order valence-corrected chi connectivity index (χ1v) is 13.8. The second-order valence-electron chi connectivity index (χ2n) is 7.97. The maximum Gasteiger partial charge on any atom is 0.271 e. The van der Waals surface area contributed by atoms with Gasteiger partial charge in [-0.05, 0) is 37.1 Å². The molecule has 11 nitrogen and oxygen atoms in total. The highest BCUT2D eigenvalue weighted by atomic mass is 35.5. The van der Waals surface area contributed by atoms with Crippen molar-refractivity contribution in [2.24, 2.45) is 0 Å². The summed E-state index contributed by atoms with van der Waals surface area (Å²) >= 11 is 12.1. The summed E-state index contributed by atoms with van der Waals surface area (Å²) in [4.78, 5) is 38.4. The van der Waals surface area contributed by atoms with Crippen LogP contribution in [0.25, 0.3) is 0 Å². The number of benzene rings is 2. The van der Waals surface area contributed by atoms with E-state index in [2.05, 4.69) is 5.32 Å². The van der Waals surface area contributed by atoms with Gasteiger partial charge in [-0.25, -0.2) is 8.42 Å². The van der Waals surface area contributed by atoms with Gasteiger partial charge in [0, 0.05) is 25.2 Å². The van der Waals surface area contributed by atoms with Crippen molar-refractivity contribution in [1.29, 1.82) is 0 Å². The van der Waals surface area contributed by atoms with Gasteiger partial charge in [0.1, 0.15) is 24.0 Å². The number of halogens is 2. The van der Waals surface area contributed by atoms with E-state index in [1.165, 1.54) is 18.1 Å². The van der Waals surface area contributed by atoms with Crippen molar-refractivity contribution in [3.05, 3.63) is 62.1 Å². The van der Waals surface area contributed by atoms with Crippen LogP contribution in [0.1, 0.15) is 25.8 Å². The van der Waals surface area contributed by atoms with Gasteiger partial charge < -0.3 is 15.0 Å². The maximum atomic E-state index is 13.7. The third-order valence-electron chi connectivity index (χ3n) is 5.39. The number of carbonyl (C=O) groups is 2. The van der Waals surface area contributed by atoms with Crippen molar-refractivity contribution in [3.63, 3.8) is 0 Å². The molecule has 37 heavy (non-hydrogen) atoms. The summed E-state index contributed by atoms with van der Waals surface area (Å²) in [6, 6.07) is 7.21. The molecule has 2 aromatic rings. The van der Waals surface area contributed by atoms with Gasteiger partial charge in [0.15, 0.2) is 0 Å². The Morgan fingerprint density at radius 1 is 1.14 bits per heavy atom. The number of rotatable bonds is 12. The highest BCUT2D eigenvalue weighted by Gasteiger charge is 2.33. The van der Waals surface area contributed by atoms with Crippen LogP contribution in [0.3, 0.4) is 0 Å². The van der Waals surface area contributed by atoms with E-state index in [-0.39, 0.29) is 29.4 Å². The molecule has 2 aromatic carbocycles. The number of likely N-dealkylation sites (N-methyl/N-ethyl adjacent to an activating group) is 1. The second kappa shape index (κ2) is 12.9. The summed E-state index contributed by atoms with van der Waals surface area (Å²) in [5.41, 5.74) is -0.0178. The Hall–Kier alpha value is -3.09. The van der Waals surface area contributed by atoms with E-state index >= 15 is 0 Å². The summed E-state index contributed by atoms with van der Waals surface area (Å²) < 4.78 is 31.5. The zero-order valence-electron chi connectivity index (χ0n) is 20.7. The van der Waals surface area contributed by atoms with Crippen LogP contribution in [-0.4, -0.2) is 62.6 Å². The third kappa shape index (κ3) is 7.70. The molecule has 0 aliphatic heterocycles. The van der Waals surface area contributed by atoms with Crippen LogP contribution in [0.4, 0.5) is 11.4 Å². The fourth-order valence-corrected chi connectivity index (χ4v) is 4.79. The van der Waals surface area contributed by atoms with E-state index in [9.17, 15) is 28.1 Å². The van der Waals surface area contributed by atoms with Crippen LogP contribution in [0.5, 0.6) is 5.75 Å². The molecule has 0 radical (unpaired) electrons. The van der Waals surface area contributed by atoms with Crippen molar-refractivity contribution < 1.29 is 27.7 Å². The summed E-state index contributed by atoms with van der Waals surface area (Å²) in [5.74, 6) is -1.13. The van der Waals surface area contributed by atoms with Crippen molar-refractivity contribution in [1.82, 2.24) is 10.2 Å². The first kappa shape index (κ1) is 30.1. The standard InChI is InChI=1S/C23H28Cl2N4O7S/c1-5-19(23(31)26-6-2)27(13-15-7-9-17(24)18(25)11-15)22(30)14-28(37(4,34)35)20-12-16(29(32)33)8-10-21(20)36-3/h7-12,19H,5-6,13-14H2,1-4H3,(H,26,31). The lowest BCUT2D eigenvalue weighted by Crippen LogP contribution is -2.52. The number of ether oxygens (including phenoxy) is 1. The number of methoxy groups -OCH3 is 1. The molecule has 14 heteroatoms. The van der Waals surface area contributed by atoms with E-state index < -0.39 is 45.0 Å². The number of amides is 2. The van der Waals surface area contributed by atoms with Gasteiger partial charge >= 0.3 is 0 Å². The van der Waals surface area contributed by atoms with Gasteiger partial charge in [0.2, 0.25) is 21.8 Å². The number of anilines is 1. The van der Waals surface area contributed by atoms with Crippen LogP contribution in [0.2, 0.25) is 10.0 Å². The zero-order chi connectivity index (χ0) is 27.9.